The van der Waals surface area contributed by atoms with Gasteiger partial charge >= 0.3 is 5.69 Å². The van der Waals surface area contributed by atoms with Gasteiger partial charge in [-0.15, -0.1) is 0 Å². The zero-order valence-electron chi connectivity index (χ0n) is 24.4. The predicted octanol–water partition coefficient (Wildman–Crippen LogP) is 5.53. The summed E-state index contributed by atoms with van der Waals surface area (Å²) in [5.74, 6) is -0.325. The van der Waals surface area contributed by atoms with Crippen LogP contribution < -0.4 is 15.9 Å². The van der Waals surface area contributed by atoms with E-state index in [0.717, 1.165) is 5.56 Å². The highest BCUT2D eigenvalue weighted by Gasteiger charge is 2.33. The Kier molecular flexibility index (Phi) is 7.12. The molecule has 43 heavy (non-hydrogen) atoms. The molecular weight excluding hydrogens is 571 g/mol. The third-order valence-corrected chi connectivity index (χ3v) is 8.65. The lowest BCUT2D eigenvalue weighted by atomic mass is 9.91. The fraction of sp³-hybridized carbons (Fsp3) is 0.312. The summed E-state index contributed by atoms with van der Waals surface area (Å²) < 4.78 is 17.0. The number of nitrogens with zero attached hydrogens (tertiary/aromatic N) is 5. The monoisotopic (exact) mass is 602 g/mol. The highest BCUT2D eigenvalue weighted by atomic mass is 35.5. The molecule has 0 saturated carbocycles. The highest BCUT2D eigenvalue weighted by Crippen LogP contribution is 2.49. The molecule has 2 aromatic carbocycles. The Hall–Kier alpha value is -4.44. The molecule has 0 aliphatic carbocycles. The predicted molar refractivity (Wildman–Crippen MR) is 167 cm³/mol. The molecule has 222 valence electrons. The Labute approximate surface area is 253 Å². The molecule has 0 bridgehead atoms. The number of pyridine rings is 1. The average Bonchev–Trinajstić information content (AvgIpc) is 2.98. The van der Waals surface area contributed by atoms with Crippen LogP contribution >= 0.6 is 11.6 Å². The van der Waals surface area contributed by atoms with Crippen LogP contribution in [-0.2, 0) is 11.3 Å². The summed E-state index contributed by atoms with van der Waals surface area (Å²) in [4.78, 5) is 39.6. The number of hydrogen-bond acceptors (Lipinski definition) is 7. The van der Waals surface area contributed by atoms with Crippen molar-refractivity contribution in [1.29, 1.82) is 0 Å². The van der Waals surface area contributed by atoms with Crippen LogP contribution in [0.2, 0.25) is 5.02 Å². The van der Waals surface area contributed by atoms with Crippen molar-refractivity contribution in [2.75, 3.05) is 29.9 Å². The summed E-state index contributed by atoms with van der Waals surface area (Å²) in [6.07, 6.45) is 3.01. The van der Waals surface area contributed by atoms with Gasteiger partial charge < -0.3 is 20.2 Å². The van der Waals surface area contributed by atoms with Crippen LogP contribution in [0.5, 0.6) is 5.75 Å². The van der Waals surface area contributed by atoms with Gasteiger partial charge in [-0.05, 0) is 55.7 Å². The number of anilines is 2. The van der Waals surface area contributed by atoms with E-state index in [2.05, 4.69) is 21.9 Å². The van der Waals surface area contributed by atoms with Crippen molar-refractivity contribution >= 4 is 39.9 Å². The van der Waals surface area contributed by atoms with Crippen LogP contribution in [-0.4, -0.2) is 56.1 Å². The number of aryl methyl sites for hydroxylation is 1. The minimum absolute atomic E-state index is 0.0155. The second-order valence-corrected chi connectivity index (χ2v) is 11.8. The number of halogens is 2. The molecule has 4 aromatic rings. The summed E-state index contributed by atoms with van der Waals surface area (Å²) in [5, 5.41) is 14.8. The number of benzene rings is 2. The van der Waals surface area contributed by atoms with Crippen molar-refractivity contribution in [1.82, 2.24) is 19.4 Å². The molecule has 1 saturated heterocycles. The highest BCUT2D eigenvalue weighted by molar-refractivity contribution is 6.36. The average molecular weight is 603 g/mol. The van der Waals surface area contributed by atoms with Crippen LogP contribution in [0.3, 0.4) is 0 Å². The first kappa shape index (κ1) is 28.7. The summed E-state index contributed by atoms with van der Waals surface area (Å²) in [7, 11) is 0. The molecule has 2 aliphatic rings. The van der Waals surface area contributed by atoms with Crippen molar-refractivity contribution in [3.8, 4) is 22.6 Å². The number of carbonyl (C=O) groups excluding carboxylic acids is 1. The molecule has 1 amide bonds. The number of carbonyl (C=O) groups is 1. The van der Waals surface area contributed by atoms with E-state index in [4.69, 9.17) is 11.6 Å². The number of aromatic hydroxyl groups is 1. The number of amides is 1. The third kappa shape index (κ3) is 4.52. The molecule has 2 aliphatic heterocycles. The number of rotatable bonds is 4. The van der Waals surface area contributed by atoms with E-state index >= 15 is 4.39 Å². The standard InChI is InChI=1S/C32H32ClFN6O3/c1-6-24(42)38-11-12-39(18(5)15-38)31-19-13-21(33)26-25-20(23(41)8-7-22(25)34)14-36-28(26)30(19)40(32(43)37-31)29-17(4)9-10-35-27(29)16(2)3/h6-10,13,16,18,36,41H,1,11-12,14-15H2,2-5H3/t18-/m0/s1. The lowest BCUT2D eigenvalue weighted by Crippen LogP contribution is -2.54. The molecule has 1 atom stereocenters. The number of piperazine rings is 1. The van der Waals surface area contributed by atoms with E-state index < -0.39 is 11.5 Å². The smallest absolute Gasteiger partial charge is 0.354 e. The number of phenolic OH excluding ortho intramolecular Hbond substituents is 1. The van der Waals surface area contributed by atoms with E-state index in [1.165, 1.54) is 18.2 Å². The van der Waals surface area contributed by atoms with Crippen LogP contribution in [0, 0.1) is 12.7 Å². The van der Waals surface area contributed by atoms with Gasteiger partial charge in [-0.3, -0.25) is 14.3 Å². The molecule has 1 fully saturated rings. The summed E-state index contributed by atoms with van der Waals surface area (Å²) in [6, 6.07) is 5.91. The summed E-state index contributed by atoms with van der Waals surface area (Å²) in [6.45, 7) is 12.9. The molecule has 9 nitrogen and oxygen atoms in total. The Balaban J connectivity index is 1.71. The molecular formula is C32H32ClFN6O3. The van der Waals surface area contributed by atoms with Gasteiger partial charge in [0.05, 0.1) is 27.6 Å². The second kappa shape index (κ2) is 10.7. The van der Waals surface area contributed by atoms with E-state index in [1.807, 2.05) is 38.7 Å². The van der Waals surface area contributed by atoms with Crippen molar-refractivity contribution < 1.29 is 14.3 Å². The Morgan fingerprint density at radius 1 is 1.26 bits per heavy atom. The lowest BCUT2D eigenvalue weighted by molar-refractivity contribution is -0.126. The number of fused-ring (bicyclic) bond motifs is 5. The van der Waals surface area contributed by atoms with Gasteiger partial charge in [-0.25, -0.2) is 9.18 Å². The maximum Gasteiger partial charge on any atom is 0.354 e. The van der Waals surface area contributed by atoms with Crippen molar-refractivity contribution in [2.24, 2.45) is 0 Å². The lowest BCUT2D eigenvalue weighted by Gasteiger charge is -2.40. The first-order chi connectivity index (χ1) is 20.5. The number of hydrogen-bond donors (Lipinski definition) is 2. The normalized spacial score (nSPS) is 16.2. The van der Waals surface area contributed by atoms with Gasteiger partial charge in [0.15, 0.2) is 0 Å². The molecule has 0 unspecified atom stereocenters. The SMILES string of the molecule is C=CC(=O)N1CCN(c2nc(=O)n(-c3c(C)ccnc3C(C)C)c3c4c(c(Cl)cc23)-c2c(F)ccc(O)c2CN4)[C@@H](C)C1. The molecule has 0 radical (unpaired) electrons. The number of aromatic nitrogens is 3. The maximum absolute atomic E-state index is 15.5. The third-order valence-electron chi connectivity index (χ3n) is 8.35. The van der Waals surface area contributed by atoms with Crippen molar-refractivity contribution in [3.05, 3.63) is 81.3 Å². The quantitative estimate of drug-likeness (QED) is 0.296. The molecule has 2 N–H and O–H groups in total. The zero-order valence-corrected chi connectivity index (χ0v) is 25.2. The van der Waals surface area contributed by atoms with Crippen molar-refractivity contribution in [2.45, 2.75) is 46.2 Å². The Bertz CT molecular complexity index is 1890. The van der Waals surface area contributed by atoms with Crippen molar-refractivity contribution in [3.63, 3.8) is 0 Å². The van der Waals surface area contributed by atoms with Gasteiger partial charge in [0, 0.05) is 60.5 Å². The van der Waals surface area contributed by atoms with Crippen LogP contribution in [0.1, 0.15) is 43.5 Å². The maximum atomic E-state index is 15.5. The molecule has 0 spiro atoms. The Morgan fingerprint density at radius 3 is 2.72 bits per heavy atom. The molecule has 4 heterocycles. The largest absolute Gasteiger partial charge is 0.508 e. The number of nitrogens with one attached hydrogen (secondary N) is 1. The minimum atomic E-state index is -0.531. The Morgan fingerprint density at radius 2 is 2.02 bits per heavy atom. The number of phenols is 1. The summed E-state index contributed by atoms with van der Waals surface area (Å²) in [5.41, 5.74) is 3.50. The molecule has 6 rings (SSSR count). The van der Waals surface area contributed by atoms with Crippen LogP contribution in [0.25, 0.3) is 27.7 Å². The first-order valence-corrected chi connectivity index (χ1v) is 14.6. The van der Waals surface area contributed by atoms with Gasteiger partial charge in [0.25, 0.3) is 0 Å². The fourth-order valence-electron chi connectivity index (χ4n) is 6.30. The van der Waals surface area contributed by atoms with E-state index in [9.17, 15) is 14.7 Å². The van der Waals surface area contributed by atoms with E-state index in [-0.39, 0.29) is 40.7 Å². The fourth-order valence-corrected chi connectivity index (χ4v) is 6.60. The second-order valence-electron chi connectivity index (χ2n) is 11.4. The summed E-state index contributed by atoms with van der Waals surface area (Å²) >= 11 is 6.96. The molecule has 2 aromatic heterocycles. The van der Waals surface area contributed by atoms with E-state index in [0.29, 0.717) is 64.6 Å². The zero-order chi connectivity index (χ0) is 30.7. The van der Waals surface area contributed by atoms with Crippen LogP contribution in [0.15, 0.2) is 47.9 Å². The molecule has 11 heteroatoms. The van der Waals surface area contributed by atoms with Crippen LogP contribution in [0.4, 0.5) is 15.9 Å². The van der Waals surface area contributed by atoms with Gasteiger partial charge in [-0.2, -0.15) is 4.98 Å². The van der Waals surface area contributed by atoms with Gasteiger partial charge in [-0.1, -0.05) is 32.0 Å². The topological polar surface area (TPSA) is 104 Å². The van der Waals surface area contributed by atoms with Gasteiger partial charge in [0.1, 0.15) is 17.4 Å². The van der Waals surface area contributed by atoms with Gasteiger partial charge in [0.2, 0.25) is 5.91 Å². The first-order valence-electron chi connectivity index (χ1n) is 14.2. The minimum Gasteiger partial charge on any atom is -0.508 e. The van der Waals surface area contributed by atoms with E-state index in [1.54, 1.807) is 21.7 Å².